The molecule has 0 spiro atoms. The number of nitrogens with zero attached hydrogens (tertiary/aromatic N) is 1. The number of rotatable bonds is 5. The molecule has 1 N–H and O–H groups in total. The van der Waals surface area contributed by atoms with Crippen molar-refractivity contribution in [3.63, 3.8) is 0 Å². The van der Waals surface area contributed by atoms with Gasteiger partial charge in [-0.15, -0.1) is 0 Å². The number of carbonyl (C=O) groups is 1. The average Bonchev–Trinajstić information content (AvgIpc) is 2.19. The summed E-state index contributed by atoms with van der Waals surface area (Å²) < 4.78 is 21.7. The van der Waals surface area contributed by atoms with Gasteiger partial charge in [-0.2, -0.15) is 0 Å². The molecule has 0 fully saturated rings. The first-order valence-electron chi connectivity index (χ1n) is 4.96. The van der Waals surface area contributed by atoms with E-state index in [1.165, 1.54) is 6.20 Å². The lowest BCUT2D eigenvalue weighted by Crippen LogP contribution is -2.14. The quantitative estimate of drug-likeness (QED) is 0.884. The van der Waals surface area contributed by atoms with Crippen LogP contribution >= 0.6 is 11.6 Å². The number of sulfone groups is 1. The highest BCUT2D eigenvalue weighted by molar-refractivity contribution is 7.90. The summed E-state index contributed by atoms with van der Waals surface area (Å²) in [5.41, 5.74) is 0. The molecule has 7 heteroatoms. The molecule has 0 aliphatic carbocycles. The van der Waals surface area contributed by atoms with Gasteiger partial charge in [0.1, 0.15) is 15.7 Å². The van der Waals surface area contributed by atoms with Gasteiger partial charge in [-0.05, 0) is 18.6 Å². The van der Waals surface area contributed by atoms with Crippen molar-refractivity contribution in [1.82, 2.24) is 4.98 Å². The summed E-state index contributed by atoms with van der Waals surface area (Å²) >= 11 is 5.64. The molecule has 1 amide bonds. The van der Waals surface area contributed by atoms with Gasteiger partial charge >= 0.3 is 0 Å². The number of nitrogens with one attached hydrogen (secondary N) is 1. The summed E-state index contributed by atoms with van der Waals surface area (Å²) in [5.74, 6) is 0.149. The molecule has 0 atom stereocenters. The normalized spacial score (nSPS) is 11.2. The molecule has 1 heterocycles. The molecule has 1 aromatic heterocycles. The van der Waals surface area contributed by atoms with Crippen molar-refractivity contribution in [3.05, 3.63) is 23.4 Å². The maximum absolute atomic E-state index is 11.4. The van der Waals surface area contributed by atoms with Gasteiger partial charge in [0.05, 0.1) is 10.8 Å². The van der Waals surface area contributed by atoms with E-state index in [9.17, 15) is 13.2 Å². The van der Waals surface area contributed by atoms with Gasteiger partial charge in [0.15, 0.2) is 0 Å². The van der Waals surface area contributed by atoms with Crippen LogP contribution in [-0.4, -0.2) is 31.3 Å². The number of anilines is 1. The summed E-state index contributed by atoms with van der Waals surface area (Å²) in [6.45, 7) is 0. The second kappa shape index (κ2) is 5.97. The van der Waals surface area contributed by atoms with E-state index in [1.54, 1.807) is 12.1 Å². The summed E-state index contributed by atoms with van der Waals surface area (Å²) in [6, 6.07) is 3.19. The minimum atomic E-state index is -3.01. The van der Waals surface area contributed by atoms with Crippen molar-refractivity contribution >= 4 is 33.2 Å². The van der Waals surface area contributed by atoms with Crippen molar-refractivity contribution in [2.45, 2.75) is 12.8 Å². The lowest BCUT2D eigenvalue weighted by molar-refractivity contribution is -0.116. The summed E-state index contributed by atoms with van der Waals surface area (Å²) in [7, 11) is -3.01. The Morgan fingerprint density at radius 2 is 2.18 bits per heavy atom. The highest BCUT2D eigenvalue weighted by Gasteiger charge is 2.06. The fourth-order valence-electron chi connectivity index (χ4n) is 1.15. The number of amides is 1. The van der Waals surface area contributed by atoms with Crippen molar-refractivity contribution in [2.24, 2.45) is 0 Å². The van der Waals surface area contributed by atoms with E-state index in [4.69, 9.17) is 11.6 Å². The number of hydrogen-bond acceptors (Lipinski definition) is 4. The van der Waals surface area contributed by atoms with E-state index < -0.39 is 9.84 Å². The molecule has 0 unspecified atom stereocenters. The minimum Gasteiger partial charge on any atom is -0.311 e. The Bertz CT molecular complexity index is 485. The number of carbonyl (C=O) groups excluding carboxylic acids is 1. The monoisotopic (exact) mass is 276 g/mol. The molecule has 94 valence electrons. The smallest absolute Gasteiger partial charge is 0.225 e. The summed E-state index contributed by atoms with van der Waals surface area (Å²) in [5, 5.41) is 3.04. The fourth-order valence-corrected chi connectivity index (χ4v) is 1.93. The molecule has 5 nitrogen and oxygen atoms in total. The average molecular weight is 277 g/mol. The van der Waals surface area contributed by atoms with E-state index in [1.807, 2.05) is 0 Å². The molecule has 17 heavy (non-hydrogen) atoms. The van der Waals surface area contributed by atoms with E-state index in [0.29, 0.717) is 17.3 Å². The van der Waals surface area contributed by atoms with Crippen LogP contribution in [0.15, 0.2) is 18.3 Å². The van der Waals surface area contributed by atoms with Crippen molar-refractivity contribution in [2.75, 3.05) is 17.3 Å². The third-order valence-electron chi connectivity index (χ3n) is 1.91. The van der Waals surface area contributed by atoms with Crippen LogP contribution in [0, 0.1) is 0 Å². The third kappa shape index (κ3) is 6.23. The largest absolute Gasteiger partial charge is 0.311 e. The fraction of sp³-hybridized carbons (Fsp3) is 0.400. The van der Waals surface area contributed by atoms with Gasteiger partial charge in [-0.1, -0.05) is 11.6 Å². The zero-order chi connectivity index (χ0) is 12.9. The predicted molar refractivity (Wildman–Crippen MR) is 66.8 cm³/mol. The Labute approximate surface area is 105 Å². The van der Waals surface area contributed by atoms with Crippen molar-refractivity contribution < 1.29 is 13.2 Å². The Kier molecular flexibility index (Phi) is 4.89. The molecule has 0 saturated heterocycles. The second-order valence-electron chi connectivity index (χ2n) is 3.64. The molecule has 0 aliphatic heterocycles. The van der Waals surface area contributed by atoms with Gasteiger partial charge < -0.3 is 5.32 Å². The van der Waals surface area contributed by atoms with Gasteiger partial charge in [-0.3, -0.25) is 4.79 Å². The molecule has 0 aromatic carbocycles. The molecular formula is C10H13ClN2O3S. The molecule has 0 radical (unpaired) electrons. The first kappa shape index (κ1) is 13.9. The minimum absolute atomic E-state index is 0.00840. The number of hydrogen-bond donors (Lipinski definition) is 1. The first-order chi connectivity index (χ1) is 7.87. The van der Waals surface area contributed by atoms with Gasteiger partial charge in [0, 0.05) is 18.9 Å². The zero-order valence-corrected chi connectivity index (χ0v) is 10.9. The number of aromatic nitrogens is 1. The van der Waals surface area contributed by atoms with E-state index in [0.717, 1.165) is 6.26 Å². The van der Waals surface area contributed by atoms with Crippen molar-refractivity contribution in [1.29, 1.82) is 0 Å². The Morgan fingerprint density at radius 3 is 2.71 bits per heavy atom. The molecule has 1 aromatic rings. The predicted octanol–water partition coefficient (Wildman–Crippen LogP) is 1.50. The molecule has 0 bridgehead atoms. The lowest BCUT2D eigenvalue weighted by atomic mass is 10.3. The second-order valence-corrected chi connectivity index (χ2v) is 6.34. The van der Waals surface area contributed by atoms with E-state index in [2.05, 4.69) is 10.3 Å². The van der Waals surface area contributed by atoms with Gasteiger partial charge in [0.25, 0.3) is 0 Å². The molecule has 1 rings (SSSR count). The van der Waals surface area contributed by atoms with Crippen LogP contribution in [0.25, 0.3) is 0 Å². The molecular weight excluding hydrogens is 264 g/mol. The van der Waals surface area contributed by atoms with Gasteiger partial charge in [-0.25, -0.2) is 13.4 Å². The van der Waals surface area contributed by atoms with E-state index in [-0.39, 0.29) is 18.1 Å². The highest BCUT2D eigenvalue weighted by atomic mass is 35.5. The summed E-state index contributed by atoms with van der Waals surface area (Å²) in [6.07, 6.45) is 3.02. The van der Waals surface area contributed by atoms with Crippen LogP contribution in [0.1, 0.15) is 12.8 Å². The van der Waals surface area contributed by atoms with E-state index >= 15 is 0 Å². The topological polar surface area (TPSA) is 76.1 Å². The SMILES string of the molecule is CS(=O)(=O)CCCC(=O)Nc1ccc(Cl)cn1. The summed E-state index contributed by atoms with van der Waals surface area (Å²) in [4.78, 5) is 15.3. The Hall–Kier alpha value is -1.14. The molecule has 0 aliphatic rings. The zero-order valence-electron chi connectivity index (χ0n) is 9.31. The number of pyridine rings is 1. The lowest BCUT2D eigenvalue weighted by Gasteiger charge is -2.03. The Balaban J connectivity index is 2.37. The van der Waals surface area contributed by atoms with Crippen molar-refractivity contribution in [3.8, 4) is 0 Å². The van der Waals surface area contributed by atoms with Crippen LogP contribution in [0.2, 0.25) is 5.02 Å². The van der Waals surface area contributed by atoms with Crippen LogP contribution in [-0.2, 0) is 14.6 Å². The standard InChI is InChI=1S/C10H13ClN2O3S/c1-17(15,16)6-2-3-10(14)13-9-5-4-8(11)7-12-9/h4-5,7H,2-3,6H2,1H3,(H,12,13,14). The molecule has 0 saturated carbocycles. The van der Waals surface area contributed by atoms with Gasteiger partial charge in [0.2, 0.25) is 5.91 Å². The van der Waals surface area contributed by atoms with Crippen LogP contribution < -0.4 is 5.32 Å². The van der Waals surface area contributed by atoms with Crippen LogP contribution in [0.3, 0.4) is 0 Å². The highest BCUT2D eigenvalue weighted by Crippen LogP contribution is 2.09. The maximum atomic E-state index is 11.4. The first-order valence-corrected chi connectivity index (χ1v) is 7.40. The number of halogens is 1. The van der Waals surface area contributed by atoms with Crippen LogP contribution in [0.5, 0.6) is 0 Å². The Morgan fingerprint density at radius 1 is 1.47 bits per heavy atom. The van der Waals surface area contributed by atoms with Crippen LogP contribution in [0.4, 0.5) is 5.82 Å². The maximum Gasteiger partial charge on any atom is 0.225 e. The third-order valence-corrected chi connectivity index (χ3v) is 3.17.